The predicted molar refractivity (Wildman–Crippen MR) is 61.9 cm³/mol. The Morgan fingerprint density at radius 2 is 2.12 bits per heavy atom. The van der Waals surface area contributed by atoms with Gasteiger partial charge in [-0.2, -0.15) is 0 Å². The van der Waals surface area contributed by atoms with Crippen LogP contribution in [0.1, 0.15) is 21.5 Å². The number of ether oxygens (including phenoxy) is 1. The molecule has 0 aliphatic carbocycles. The Bertz CT molecular complexity index is 388. The van der Waals surface area contributed by atoms with Crippen LogP contribution in [-0.2, 0) is 0 Å². The van der Waals surface area contributed by atoms with Gasteiger partial charge in [-0.3, -0.25) is 4.79 Å². The second kappa shape index (κ2) is 5.51. The Morgan fingerprint density at radius 3 is 2.69 bits per heavy atom. The van der Waals surface area contributed by atoms with Crippen LogP contribution in [0.4, 0.5) is 0 Å². The standard InChI is InChI=1S/C12H17NO3/c1-8-6-9(2)11(16-3)10(7-8)12(15)13-4-5-14/h6-7,14H,4-5H2,1-3H3,(H,13,15). The van der Waals surface area contributed by atoms with Gasteiger partial charge in [0.2, 0.25) is 0 Å². The van der Waals surface area contributed by atoms with Gasteiger partial charge < -0.3 is 15.2 Å². The van der Waals surface area contributed by atoms with Crippen LogP contribution in [0.3, 0.4) is 0 Å². The molecule has 1 rings (SSSR count). The maximum absolute atomic E-state index is 11.8. The zero-order chi connectivity index (χ0) is 12.1. The van der Waals surface area contributed by atoms with Crippen molar-refractivity contribution >= 4 is 5.91 Å². The van der Waals surface area contributed by atoms with Crippen molar-refractivity contribution in [3.8, 4) is 5.75 Å². The highest BCUT2D eigenvalue weighted by Gasteiger charge is 2.14. The lowest BCUT2D eigenvalue weighted by Crippen LogP contribution is -2.27. The minimum atomic E-state index is -0.224. The molecule has 0 aromatic heterocycles. The lowest BCUT2D eigenvalue weighted by Gasteiger charge is -2.12. The summed E-state index contributed by atoms with van der Waals surface area (Å²) in [5.41, 5.74) is 2.44. The Kier molecular flexibility index (Phi) is 4.31. The minimum Gasteiger partial charge on any atom is -0.496 e. The van der Waals surface area contributed by atoms with E-state index in [9.17, 15) is 4.79 Å². The third-order valence-electron chi connectivity index (χ3n) is 2.27. The third-order valence-corrected chi connectivity index (χ3v) is 2.27. The van der Waals surface area contributed by atoms with E-state index in [4.69, 9.17) is 9.84 Å². The van der Waals surface area contributed by atoms with E-state index in [0.717, 1.165) is 11.1 Å². The number of hydrogen-bond donors (Lipinski definition) is 2. The first-order valence-electron chi connectivity index (χ1n) is 5.14. The largest absolute Gasteiger partial charge is 0.496 e. The molecule has 1 amide bonds. The number of amides is 1. The van der Waals surface area contributed by atoms with Gasteiger partial charge in [0.05, 0.1) is 19.3 Å². The molecule has 1 aromatic rings. The maximum Gasteiger partial charge on any atom is 0.255 e. The van der Waals surface area contributed by atoms with Crippen molar-refractivity contribution in [2.75, 3.05) is 20.3 Å². The molecule has 0 fully saturated rings. The fourth-order valence-corrected chi connectivity index (χ4v) is 1.66. The van der Waals surface area contributed by atoms with E-state index in [0.29, 0.717) is 11.3 Å². The molecule has 0 saturated carbocycles. The number of carbonyl (C=O) groups is 1. The quantitative estimate of drug-likeness (QED) is 0.801. The van der Waals surface area contributed by atoms with E-state index < -0.39 is 0 Å². The summed E-state index contributed by atoms with van der Waals surface area (Å²) in [5.74, 6) is 0.360. The average Bonchev–Trinajstić information content (AvgIpc) is 2.24. The number of aliphatic hydroxyl groups excluding tert-OH is 1. The number of rotatable bonds is 4. The van der Waals surface area contributed by atoms with Crippen molar-refractivity contribution in [2.45, 2.75) is 13.8 Å². The number of nitrogens with one attached hydrogen (secondary N) is 1. The van der Waals surface area contributed by atoms with Gasteiger partial charge in [0.25, 0.3) is 5.91 Å². The van der Waals surface area contributed by atoms with E-state index >= 15 is 0 Å². The Labute approximate surface area is 95.2 Å². The summed E-state index contributed by atoms with van der Waals surface area (Å²) < 4.78 is 5.21. The van der Waals surface area contributed by atoms with Gasteiger partial charge in [0.1, 0.15) is 5.75 Å². The van der Waals surface area contributed by atoms with Gasteiger partial charge in [-0.05, 0) is 31.0 Å². The van der Waals surface area contributed by atoms with Crippen molar-refractivity contribution in [3.05, 3.63) is 28.8 Å². The van der Waals surface area contributed by atoms with E-state index in [1.807, 2.05) is 19.9 Å². The summed E-state index contributed by atoms with van der Waals surface area (Å²) in [5, 5.41) is 11.3. The summed E-state index contributed by atoms with van der Waals surface area (Å²) in [6.45, 7) is 4.00. The molecule has 0 atom stereocenters. The van der Waals surface area contributed by atoms with Gasteiger partial charge >= 0.3 is 0 Å². The van der Waals surface area contributed by atoms with Gasteiger partial charge in [-0.15, -0.1) is 0 Å². The van der Waals surface area contributed by atoms with Crippen molar-refractivity contribution in [3.63, 3.8) is 0 Å². The number of aryl methyl sites for hydroxylation is 2. The van der Waals surface area contributed by atoms with Crippen molar-refractivity contribution in [1.29, 1.82) is 0 Å². The molecule has 16 heavy (non-hydrogen) atoms. The van der Waals surface area contributed by atoms with Crippen LogP contribution in [0, 0.1) is 13.8 Å². The van der Waals surface area contributed by atoms with Crippen molar-refractivity contribution < 1.29 is 14.6 Å². The molecule has 4 nitrogen and oxygen atoms in total. The van der Waals surface area contributed by atoms with E-state index in [2.05, 4.69) is 5.32 Å². The second-order valence-electron chi connectivity index (χ2n) is 3.64. The van der Waals surface area contributed by atoms with Crippen LogP contribution in [-0.4, -0.2) is 31.3 Å². The molecule has 4 heteroatoms. The number of aliphatic hydroxyl groups is 1. The molecular weight excluding hydrogens is 206 g/mol. The molecule has 1 aromatic carbocycles. The Hall–Kier alpha value is -1.55. The van der Waals surface area contributed by atoms with Crippen LogP contribution in [0.25, 0.3) is 0 Å². The topological polar surface area (TPSA) is 58.6 Å². The first-order chi connectivity index (χ1) is 7.60. The third kappa shape index (κ3) is 2.73. The molecule has 0 bridgehead atoms. The summed E-state index contributed by atoms with van der Waals surface area (Å²) in [4.78, 5) is 11.8. The highest BCUT2D eigenvalue weighted by Crippen LogP contribution is 2.24. The van der Waals surface area contributed by atoms with Gasteiger partial charge in [-0.25, -0.2) is 0 Å². The van der Waals surface area contributed by atoms with Crippen LogP contribution in [0.2, 0.25) is 0 Å². The fourth-order valence-electron chi connectivity index (χ4n) is 1.66. The van der Waals surface area contributed by atoms with E-state index in [1.165, 1.54) is 0 Å². The monoisotopic (exact) mass is 223 g/mol. The molecule has 88 valence electrons. The zero-order valence-corrected chi connectivity index (χ0v) is 9.83. The molecule has 0 saturated heterocycles. The lowest BCUT2D eigenvalue weighted by atomic mass is 10.0. The summed E-state index contributed by atoms with van der Waals surface area (Å²) in [6, 6.07) is 3.74. The molecular formula is C12H17NO3. The zero-order valence-electron chi connectivity index (χ0n) is 9.83. The second-order valence-corrected chi connectivity index (χ2v) is 3.64. The predicted octanol–water partition coefficient (Wildman–Crippen LogP) is 1.03. The van der Waals surface area contributed by atoms with Crippen molar-refractivity contribution in [1.82, 2.24) is 5.32 Å². The molecule has 0 aliphatic rings. The molecule has 0 unspecified atom stereocenters. The highest BCUT2D eigenvalue weighted by molar-refractivity contribution is 5.97. The Morgan fingerprint density at radius 1 is 1.44 bits per heavy atom. The van der Waals surface area contributed by atoms with Crippen LogP contribution < -0.4 is 10.1 Å². The highest BCUT2D eigenvalue weighted by atomic mass is 16.5. The molecule has 0 radical (unpaired) electrons. The summed E-state index contributed by atoms with van der Waals surface area (Å²) >= 11 is 0. The van der Waals surface area contributed by atoms with E-state index in [1.54, 1.807) is 13.2 Å². The maximum atomic E-state index is 11.8. The van der Waals surface area contributed by atoms with Crippen LogP contribution in [0.15, 0.2) is 12.1 Å². The first kappa shape index (κ1) is 12.5. The van der Waals surface area contributed by atoms with Gasteiger partial charge in [-0.1, -0.05) is 6.07 Å². The average molecular weight is 223 g/mol. The number of benzene rings is 1. The fraction of sp³-hybridized carbons (Fsp3) is 0.417. The lowest BCUT2D eigenvalue weighted by molar-refractivity contribution is 0.0941. The SMILES string of the molecule is COc1c(C)cc(C)cc1C(=O)NCCO. The van der Waals surface area contributed by atoms with Crippen molar-refractivity contribution in [2.24, 2.45) is 0 Å². The van der Waals surface area contributed by atoms with E-state index in [-0.39, 0.29) is 19.1 Å². The molecule has 0 aliphatic heterocycles. The normalized spacial score (nSPS) is 10.0. The molecule has 0 heterocycles. The first-order valence-corrected chi connectivity index (χ1v) is 5.14. The number of methoxy groups -OCH3 is 1. The summed E-state index contributed by atoms with van der Waals surface area (Å²) in [6.07, 6.45) is 0. The van der Waals surface area contributed by atoms with Gasteiger partial charge in [0.15, 0.2) is 0 Å². The van der Waals surface area contributed by atoms with Crippen LogP contribution in [0.5, 0.6) is 5.75 Å². The smallest absolute Gasteiger partial charge is 0.255 e. The molecule has 2 N–H and O–H groups in total. The Balaban J connectivity index is 3.05. The number of hydrogen-bond acceptors (Lipinski definition) is 3. The van der Waals surface area contributed by atoms with Crippen LogP contribution >= 0.6 is 0 Å². The minimum absolute atomic E-state index is 0.0706. The molecule has 0 spiro atoms. The summed E-state index contributed by atoms with van der Waals surface area (Å²) in [7, 11) is 1.54. The number of carbonyl (C=O) groups excluding carboxylic acids is 1. The van der Waals surface area contributed by atoms with Gasteiger partial charge in [0, 0.05) is 6.54 Å².